The summed E-state index contributed by atoms with van der Waals surface area (Å²) in [5.74, 6) is 1.41. The summed E-state index contributed by atoms with van der Waals surface area (Å²) in [6.45, 7) is 1.16. The number of hydrogen-bond donors (Lipinski definition) is 1. The van der Waals surface area contributed by atoms with Gasteiger partial charge in [-0.2, -0.15) is 13.2 Å². The molecule has 1 N–H and O–H groups in total. The zero-order valence-corrected chi connectivity index (χ0v) is 17.8. The van der Waals surface area contributed by atoms with Crippen molar-refractivity contribution in [1.82, 2.24) is 14.8 Å². The molecule has 3 aromatic rings. The van der Waals surface area contributed by atoms with Crippen LogP contribution in [0.5, 0.6) is 11.5 Å². The number of ether oxygens (including phenoxy) is 2. The number of benzene rings is 2. The summed E-state index contributed by atoms with van der Waals surface area (Å²) in [5.41, 5.74) is 0.0387. The second-order valence-corrected chi connectivity index (χ2v) is 7.94. The van der Waals surface area contributed by atoms with Crippen molar-refractivity contribution in [3.8, 4) is 22.9 Å². The predicted molar refractivity (Wildman–Crippen MR) is 113 cm³/mol. The van der Waals surface area contributed by atoms with Gasteiger partial charge in [0.1, 0.15) is 0 Å². The summed E-state index contributed by atoms with van der Waals surface area (Å²) in [4.78, 5) is 12.2. The van der Waals surface area contributed by atoms with Gasteiger partial charge >= 0.3 is 6.18 Å². The van der Waals surface area contributed by atoms with Crippen LogP contribution in [-0.2, 0) is 18.0 Å². The third-order valence-corrected chi connectivity index (χ3v) is 5.67. The Kier molecular flexibility index (Phi) is 6.26. The van der Waals surface area contributed by atoms with Crippen LogP contribution in [0.15, 0.2) is 47.6 Å². The molecule has 0 saturated carbocycles. The maximum Gasteiger partial charge on any atom is 0.416 e. The highest BCUT2D eigenvalue weighted by atomic mass is 32.2. The maximum atomic E-state index is 12.8. The SMILES string of the molecule is Cn1c(SCC(=O)Nc2cccc(C(F)(F)F)c2)nnc1-c1ccc2c(c1)OCCCO2. The molecule has 2 heterocycles. The minimum Gasteiger partial charge on any atom is -0.490 e. The van der Waals surface area contributed by atoms with Gasteiger partial charge in [-0.15, -0.1) is 10.2 Å². The van der Waals surface area contributed by atoms with E-state index in [4.69, 9.17) is 9.47 Å². The summed E-state index contributed by atoms with van der Waals surface area (Å²) < 4.78 is 51.6. The molecule has 0 radical (unpaired) electrons. The molecule has 0 saturated heterocycles. The monoisotopic (exact) mass is 464 g/mol. The molecule has 0 spiro atoms. The summed E-state index contributed by atoms with van der Waals surface area (Å²) >= 11 is 1.13. The van der Waals surface area contributed by atoms with E-state index in [1.165, 1.54) is 12.1 Å². The number of rotatable bonds is 5. The van der Waals surface area contributed by atoms with Gasteiger partial charge in [-0.3, -0.25) is 4.79 Å². The Morgan fingerprint density at radius 2 is 1.91 bits per heavy atom. The van der Waals surface area contributed by atoms with E-state index in [2.05, 4.69) is 15.5 Å². The van der Waals surface area contributed by atoms with E-state index in [9.17, 15) is 18.0 Å². The van der Waals surface area contributed by atoms with Crippen LogP contribution in [0.4, 0.5) is 18.9 Å². The minimum absolute atomic E-state index is 0.0383. The first kappa shape index (κ1) is 22.0. The van der Waals surface area contributed by atoms with Gasteiger partial charge in [0.05, 0.1) is 24.5 Å². The largest absolute Gasteiger partial charge is 0.490 e. The molecule has 0 atom stereocenters. The second-order valence-electron chi connectivity index (χ2n) is 6.99. The lowest BCUT2D eigenvalue weighted by atomic mass is 10.2. The van der Waals surface area contributed by atoms with Crippen molar-refractivity contribution < 1.29 is 27.4 Å². The standard InChI is InChI=1S/C21H19F3N4O3S/c1-28-19(13-6-7-16-17(10-13)31-9-3-8-30-16)26-27-20(28)32-12-18(29)25-15-5-2-4-14(11-15)21(22,23)24/h2,4-7,10-11H,3,8-9,12H2,1H3,(H,25,29). The van der Waals surface area contributed by atoms with Gasteiger partial charge in [0.15, 0.2) is 22.5 Å². The number of nitrogens with one attached hydrogen (secondary N) is 1. The highest BCUT2D eigenvalue weighted by Crippen LogP contribution is 2.34. The van der Waals surface area contributed by atoms with E-state index in [0.29, 0.717) is 35.7 Å². The Morgan fingerprint density at radius 1 is 1.12 bits per heavy atom. The highest BCUT2D eigenvalue weighted by Gasteiger charge is 2.30. The van der Waals surface area contributed by atoms with E-state index < -0.39 is 17.6 Å². The molecule has 2 aromatic carbocycles. The summed E-state index contributed by atoms with van der Waals surface area (Å²) in [6, 6.07) is 10.0. The van der Waals surface area contributed by atoms with Gasteiger partial charge in [0.2, 0.25) is 5.91 Å². The first-order valence-corrected chi connectivity index (χ1v) is 10.7. The smallest absolute Gasteiger partial charge is 0.416 e. The Morgan fingerprint density at radius 3 is 2.69 bits per heavy atom. The van der Waals surface area contributed by atoms with Crippen molar-refractivity contribution in [3.05, 3.63) is 48.0 Å². The van der Waals surface area contributed by atoms with Gasteiger partial charge in [0, 0.05) is 24.7 Å². The Bertz CT molecular complexity index is 1130. The molecule has 7 nitrogen and oxygen atoms in total. The average Bonchev–Trinajstić information content (AvgIpc) is 2.96. The van der Waals surface area contributed by atoms with E-state index in [1.807, 2.05) is 18.2 Å². The topological polar surface area (TPSA) is 78.3 Å². The molecule has 0 bridgehead atoms. The molecule has 1 amide bonds. The number of aromatic nitrogens is 3. The van der Waals surface area contributed by atoms with Crippen molar-refractivity contribution in [2.45, 2.75) is 17.8 Å². The molecule has 11 heteroatoms. The van der Waals surface area contributed by atoms with Crippen molar-refractivity contribution in [1.29, 1.82) is 0 Å². The molecule has 1 aliphatic rings. The Labute approximate surface area is 185 Å². The molecule has 0 fully saturated rings. The lowest BCUT2D eigenvalue weighted by Crippen LogP contribution is -2.15. The van der Waals surface area contributed by atoms with Crippen molar-refractivity contribution >= 4 is 23.4 Å². The zero-order valence-electron chi connectivity index (χ0n) is 17.0. The number of alkyl halides is 3. The fourth-order valence-electron chi connectivity index (χ4n) is 3.09. The normalized spacial score (nSPS) is 13.5. The van der Waals surface area contributed by atoms with E-state index in [-0.39, 0.29) is 11.4 Å². The van der Waals surface area contributed by atoms with Gasteiger partial charge in [0.25, 0.3) is 0 Å². The molecule has 4 rings (SSSR count). The van der Waals surface area contributed by atoms with Crippen LogP contribution in [0.3, 0.4) is 0 Å². The first-order valence-electron chi connectivity index (χ1n) is 9.70. The number of thioether (sulfide) groups is 1. The summed E-state index contributed by atoms with van der Waals surface area (Å²) in [5, 5.41) is 11.3. The highest BCUT2D eigenvalue weighted by molar-refractivity contribution is 7.99. The molecular weight excluding hydrogens is 445 g/mol. The van der Waals surface area contributed by atoms with Gasteiger partial charge in [-0.25, -0.2) is 0 Å². The number of carbonyl (C=O) groups is 1. The van der Waals surface area contributed by atoms with Crippen LogP contribution in [0.1, 0.15) is 12.0 Å². The molecule has 168 valence electrons. The molecular formula is C21H19F3N4O3S. The third-order valence-electron chi connectivity index (χ3n) is 4.65. The quantitative estimate of drug-likeness (QED) is 0.565. The fraction of sp³-hybridized carbons (Fsp3) is 0.286. The van der Waals surface area contributed by atoms with E-state index in [0.717, 1.165) is 35.9 Å². The minimum atomic E-state index is -4.47. The lowest BCUT2D eigenvalue weighted by Gasteiger charge is -2.10. The van der Waals surface area contributed by atoms with Gasteiger partial charge in [-0.05, 0) is 36.4 Å². The number of nitrogens with zero attached hydrogens (tertiary/aromatic N) is 3. The van der Waals surface area contributed by atoms with Crippen LogP contribution in [0, 0.1) is 0 Å². The summed E-state index contributed by atoms with van der Waals surface area (Å²) in [7, 11) is 1.77. The molecule has 0 aliphatic carbocycles. The van der Waals surface area contributed by atoms with E-state index in [1.54, 1.807) is 11.6 Å². The number of hydrogen-bond acceptors (Lipinski definition) is 6. The fourth-order valence-corrected chi connectivity index (χ4v) is 3.81. The lowest BCUT2D eigenvalue weighted by molar-refractivity contribution is -0.137. The zero-order chi connectivity index (χ0) is 22.7. The van der Waals surface area contributed by atoms with Crippen LogP contribution in [0.25, 0.3) is 11.4 Å². The van der Waals surface area contributed by atoms with Gasteiger partial charge in [-0.1, -0.05) is 17.8 Å². The maximum absolute atomic E-state index is 12.8. The first-order chi connectivity index (χ1) is 15.3. The van der Waals surface area contributed by atoms with Crippen LogP contribution >= 0.6 is 11.8 Å². The van der Waals surface area contributed by atoms with Crippen molar-refractivity contribution in [2.24, 2.45) is 7.05 Å². The van der Waals surface area contributed by atoms with Gasteiger partial charge < -0.3 is 19.4 Å². The second kappa shape index (κ2) is 9.11. The molecule has 0 unspecified atom stereocenters. The number of amides is 1. The number of halogens is 3. The molecule has 32 heavy (non-hydrogen) atoms. The Balaban J connectivity index is 1.41. The summed E-state index contributed by atoms with van der Waals surface area (Å²) in [6.07, 6.45) is -3.67. The molecule has 1 aromatic heterocycles. The van der Waals surface area contributed by atoms with Crippen molar-refractivity contribution in [2.75, 3.05) is 24.3 Å². The number of fused-ring (bicyclic) bond motifs is 1. The number of anilines is 1. The predicted octanol–water partition coefficient (Wildman–Crippen LogP) is 4.39. The van der Waals surface area contributed by atoms with Crippen LogP contribution in [-0.4, -0.2) is 39.6 Å². The Hall–Kier alpha value is -3.21. The average molecular weight is 464 g/mol. The third kappa shape index (κ3) is 4.98. The van der Waals surface area contributed by atoms with E-state index >= 15 is 0 Å². The van der Waals surface area contributed by atoms with Crippen molar-refractivity contribution in [3.63, 3.8) is 0 Å². The van der Waals surface area contributed by atoms with Crippen LogP contribution in [0.2, 0.25) is 0 Å². The molecule has 1 aliphatic heterocycles. The van der Waals surface area contributed by atoms with Crippen LogP contribution < -0.4 is 14.8 Å². The number of carbonyl (C=O) groups excluding carboxylic acids is 1.